The molecule has 0 aliphatic heterocycles. The molecule has 9 heavy (non-hydrogen) atoms. The molecule has 0 unspecified atom stereocenters. The van der Waals surface area contributed by atoms with Gasteiger partial charge in [0.05, 0.1) is 10.2 Å². The molecule has 0 saturated heterocycles. The largest absolute Gasteiger partial charge is 0.261 e. The Morgan fingerprint density at radius 3 is 2.89 bits per heavy atom. The predicted octanol–water partition coefficient (Wildman–Crippen LogP) is 0.438. The van der Waals surface area contributed by atoms with E-state index in [1.807, 2.05) is 18.3 Å². The summed E-state index contributed by atoms with van der Waals surface area (Å²) in [5.74, 6) is 0. The van der Waals surface area contributed by atoms with Crippen LogP contribution in [0.25, 0.3) is 0 Å². The normalized spacial score (nSPS) is 9.56. The Hall–Kier alpha value is -0.633. The molecule has 1 aromatic heterocycles. The first-order valence-corrected chi connectivity index (χ1v) is 3.50. The standard InChI is InChI=1S/C7H8NSi/c1-2-6-7(9)4-3-5-8-6/h3-5H,2H2,1H3. The smallest absolute Gasteiger partial charge is 0.0737 e. The molecular formula is C7H8NSi. The van der Waals surface area contributed by atoms with Crippen LogP contribution in [0.4, 0.5) is 0 Å². The topological polar surface area (TPSA) is 12.9 Å². The van der Waals surface area contributed by atoms with E-state index in [0.717, 1.165) is 17.3 Å². The first-order chi connectivity index (χ1) is 4.34. The van der Waals surface area contributed by atoms with Gasteiger partial charge in [-0.2, -0.15) is 0 Å². The Balaban J connectivity index is 3.01. The van der Waals surface area contributed by atoms with Crippen molar-refractivity contribution in [2.75, 3.05) is 0 Å². The van der Waals surface area contributed by atoms with Crippen molar-refractivity contribution in [3.8, 4) is 0 Å². The second kappa shape index (κ2) is 2.78. The highest BCUT2D eigenvalue weighted by molar-refractivity contribution is 6.33. The average molecular weight is 134 g/mol. The Labute approximate surface area is 58.6 Å². The van der Waals surface area contributed by atoms with E-state index in [0.29, 0.717) is 0 Å². The predicted molar refractivity (Wildman–Crippen MR) is 39.0 cm³/mol. The lowest BCUT2D eigenvalue weighted by atomic mass is 10.3. The molecule has 0 atom stereocenters. The first kappa shape index (κ1) is 6.49. The SMILES string of the molecule is CCc1ncccc1[Si]. The van der Waals surface area contributed by atoms with Crippen LogP contribution in [0.3, 0.4) is 0 Å². The van der Waals surface area contributed by atoms with Crippen LogP contribution in [0, 0.1) is 0 Å². The lowest BCUT2D eigenvalue weighted by Crippen LogP contribution is -2.10. The minimum absolute atomic E-state index is 0.986. The van der Waals surface area contributed by atoms with E-state index in [2.05, 4.69) is 22.2 Å². The van der Waals surface area contributed by atoms with Gasteiger partial charge >= 0.3 is 0 Å². The zero-order valence-corrected chi connectivity index (χ0v) is 6.39. The molecule has 0 fully saturated rings. The fourth-order valence-electron chi connectivity index (χ4n) is 0.720. The Kier molecular flexibility index (Phi) is 2.00. The van der Waals surface area contributed by atoms with Gasteiger partial charge in [0.15, 0.2) is 0 Å². The van der Waals surface area contributed by atoms with Gasteiger partial charge in [-0.15, -0.1) is 0 Å². The van der Waals surface area contributed by atoms with Crippen molar-refractivity contribution in [3.05, 3.63) is 24.0 Å². The molecule has 1 rings (SSSR count). The maximum Gasteiger partial charge on any atom is 0.0737 e. The van der Waals surface area contributed by atoms with Gasteiger partial charge in [-0.3, -0.25) is 4.98 Å². The van der Waals surface area contributed by atoms with E-state index in [-0.39, 0.29) is 0 Å². The fourth-order valence-corrected chi connectivity index (χ4v) is 1.06. The Morgan fingerprint density at radius 1 is 1.67 bits per heavy atom. The van der Waals surface area contributed by atoms with E-state index in [4.69, 9.17) is 0 Å². The molecule has 0 bridgehead atoms. The molecule has 0 aromatic carbocycles. The molecule has 1 aromatic rings. The number of nitrogens with zero attached hydrogens (tertiary/aromatic N) is 1. The zero-order chi connectivity index (χ0) is 6.69. The van der Waals surface area contributed by atoms with Crippen molar-refractivity contribution in [2.24, 2.45) is 0 Å². The molecule has 2 heteroatoms. The molecule has 0 aliphatic rings. The first-order valence-electron chi connectivity index (χ1n) is 3.00. The highest BCUT2D eigenvalue weighted by Gasteiger charge is 1.91. The molecule has 0 aliphatic carbocycles. The maximum absolute atomic E-state index is 4.15. The molecular weight excluding hydrogens is 126 g/mol. The Morgan fingerprint density at radius 2 is 2.44 bits per heavy atom. The number of hydrogen-bond acceptors (Lipinski definition) is 1. The zero-order valence-electron chi connectivity index (χ0n) is 5.39. The highest BCUT2D eigenvalue weighted by Crippen LogP contribution is 1.87. The number of aryl methyl sites for hydroxylation is 1. The van der Waals surface area contributed by atoms with Gasteiger partial charge < -0.3 is 0 Å². The summed E-state index contributed by atoms with van der Waals surface area (Å²) in [5.41, 5.74) is 1.12. The lowest BCUT2D eigenvalue weighted by molar-refractivity contribution is 1.05. The molecule has 0 spiro atoms. The third-order valence-corrected chi connectivity index (χ3v) is 1.68. The second-order valence-electron chi connectivity index (χ2n) is 1.85. The summed E-state index contributed by atoms with van der Waals surface area (Å²) < 4.78 is 0. The third-order valence-electron chi connectivity index (χ3n) is 1.23. The summed E-state index contributed by atoms with van der Waals surface area (Å²) in [6, 6.07) is 3.92. The third kappa shape index (κ3) is 1.39. The molecule has 0 saturated carbocycles. The molecule has 0 N–H and O–H groups in total. The van der Waals surface area contributed by atoms with Crippen LogP contribution in [0.5, 0.6) is 0 Å². The number of hydrogen-bond donors (Lipinski definition) is 0. The molecule has 1 nitrogen and oxygen atoms in total. The summed E-state index contributed by atoms with van der Waals surface area (Å²) in [4.78, 5) is 4.15. The molecule has 3 radical (unpaired) electrons. The summed E-state index contributed by atoms with van der Waals surface area (Å²) in [5, 5.41) is 1.10. The van der Waals surface area contributed by atoms with Gasteiger partial charge in [0.1, 0.15) is 0 Å². The van der Waals surface area contributed by atoms with Crippen LogP contribution in [0.1, 0.15) is 12.6 Å². The van der Waals surface area contributed by atoms with Gasteiger partial charge in [-0.1, -0.05) is 13.0 Å². The summed E-state index contributed by atoms with van der Waals surface area (Å²) in [6.07, 6.45) is 2.79. The van der Waals surface area contributed by atoms with Crippen molar-refractivity contribution >= 4 is 15.4 Å². The van der Waals surface area contributed by atoms with Crippen molar-refractivity contribution < 1.29 is 0 Å². The van der Waals surface area contributed by atoms with E-state index in [1.165, 1.54) is 0 Å². The summed E-state index contributed by atoms with van der Waals surface area (Å²) in [7, 11) is 3.44. The quantitative estimate of drug-likeness (QED) is 0.508. The van der Waals surface area contributed by atoms with Gasteiger partial charge in [0.2, 0.25) is 0 Å². The number of pyridine rings is 1. The lowest BCUT2D eigenvalue weighted by Gasteiger charge is -1.97. The summed E-state index contributed by atoms with van der Waals surface area (Å²) >= 11 is 0. The molecule has 0 amide bonds. The van der Waals surface area contributed by atoms with Crippen molar-refractivity contribution in [1.82, 2.24) is 4.98 Å². The van der Waals surface area contributed by atoms with Crippen LogP contribution in [-0.4, -0.2) is 15.2 Å². The van der Waals surface area contributed by atoms with Crippen LogP contribution >= 0.6 is 0 Å². The van der Waals surface area contributed by atoms with Gasteiger partial charge in [0, 0.05) is 11.9 Å². The minimum Gasteiger partial charge on any atom is -0.261 e. The van der Waals surface area contributed by atoms with E-state index in [1.54, 1.807) is 0 Å². The van der Waals surface area contributed by atoms with Crippen LogP contribution in [0.2, 0.25) is 0 Å². The summed E-state index contributed by atoms with van der Waals surface area (Å²) in [6.45, 7) is 2.09. The number of aromatic nitrogens is 1. The fraction of sp³-hybridized carbons (Fsp3) is 0.286. The second-order valence-corrected chi connectivity index (χ2v) is 2.39. The monoisotopic (exact) mass is 134 g/mol. The van der Waals surface area contributed by atoms with Crippen molar-refractivity contribution in [1.29, 1.82) is 0 Å². The maximum atomic E-state index is 4.15. The van der Waals surface area contributed by atoms with Crippen LogP contribution < -0.4 is 5.19 Å². The van der Waals surface area contributed by atoms with Crippen LogP contribution in [-0.2, 0) is 6.42 Å². The average Bonchev–Trinajstić information content (AvgIpc) is 1.89. The van der Waals surface area contributed by atoms with Crippen molar-refractivity contribution in [2.45, 2.75) is 13.3 Å². The number of rotatable bonds is 1. The van der Waals surface area contributed by atoms with Gasteiger partial charge in [0.25, 0.3) is 0 Å². The van der Waals surface area contributed by atoms with Gasteiger partial charge in [-0.25, -0.2) is 0 Å². The minimum atomic E-state index is 0.986. The molecule has 45 valence electrons. The van der Waals surface area contributed by atoms with Gasteiger partial charge in [-0.05, 0) is 17.7 Å². The highest BCUT2D eigenvalue weighted by atomic mass is 28.1. The van der Waals surface area contributed by atoms with Crippen LogP contribution in [0.15, 0.2) is 18.3 Å². The van der Waals surface area contributed by atoms with E-state index >= 15 is 0 Å². The molecule has 1 heterocycles. The Bertz CT molecular complexity index is 198. The van der Waals surface area contributed by atoms with E-state index < -0.39 is 0 Å². The van der Waals surface area contributed by atoms with E-state index in [9.17, 15) is 0 Å². The van der Waals surface area contributed by atoms with Crippen molar-refractivity contribution in [3.63, 3.8) is 0 Å².